The molecule has 2 amide bonds. The van der Waals surface area contributed by atoms with Crippen molar-refractivity contribution in [3.8, 4) is 0 Å². The van der Waals surface area contributed by atoms with Crippen molar-refractivity contribution in [3.05, 3.63) is 46.9 Å². The predicted molar refractivity (Wildman–Crippen MR) is 106 cm³/mol. The number of anilines is 2. The number of ether oxygens (including phenoxy) is 1. The molecule has 148 valence electrons. The van der Waals surface area contributed by atoms with Crippen LogP contribution in [0.1, 0.15) is 66.0 Å². The van der Waals surface area contributed by atoms with Crippen molar-refractivity contribution in [3.63, 3.8) is 0 Å². The van der Waals surface area contributed by atoms with E-state index < -0.39 is 12.0 Å². The zero-order valence-electron chi connectivity index (χ0n) is 16.1. The van der Waals surface area contributed by atoms with Crippen LogP contribution in [0.5, 0.6) is 0 Å². The summed E-state index contributed by atoms with van der Waals surface area (Å²) >= 11 is 0. The Bertz CT molecular complexity index is 895. The van der Waals surface area contributed by atoms with Gasteiger partial charge in [0.2, 0.25) is 0 Å². The molecule has 0 spiro atoms. The van der Waals surface area contributed by atoms with E-state index >= 15 is 0 Å². The highest BCUT2D eigenvalue weighted by molar-refractivity contribution is 5.96. The third-order valence-electron chi connectivity index (χ3n) is 4.73. The van der Waals surface area contributed by atoms with Crippen LogP contribution < -0.4 is 16.8 Å². The van der Waals surface area contributed by atoms with Crippen molar-refractivity contribution in [2.45, 2.75) is 44.9 Å². The van der Waals surface area contributed by atoms with Gasteiger partial charge in [-0.2, -0.15) is 0 Å². The molecule has 0 saturated heterocycles. The minimum Gasteiger partial charge on any atom is -0.449 e. The molecule has 1 aromatic heterocycles. The summed E-state index contributed by atoms with van der Waals surface area (Å²) in [6.45, 7) is 4.10. The zero-order chi connectivity index (χ0) is 20.3. The van der Waals surface area contributed by atoms with E-state index in [1.54, 1.807) is 0 Å². The first-order chi connectivity index (χ1) is 13.4. The predicted octanol–water partition coefficient (Wildman–Crippen LogP) is 2.96. The second-order valence-electron chi connectivity index (χ2n) is 7.03. The van der Waals surface area contributed by atoms with Gasteiger partial charge in [0.15, 0.2) is 11.5 Å². The molecule has 1 heterocycles. The van der Waals surface area contributed by atoms with Crippen molar-refractivity contribution in [2.75, 3.05) is 11.9 Å². The van der Waals surface area contributed by atoms with Crippen LogP contribution in [0.15, 0.2) is 24.3 Å². The van der Waals surface area contributed by atoms with Crippen molar-refractivity contribution in [2.24, 2.45) is 11.5 Å². The van der Waals surface area contributed by atoms with Crippen molar-refractivity contribution < 1.29 is 14.3 Å². The van der Waals surface area contributed by atoms with E-state index in [0.717, 1.165) is 35.5 Å². The summed E-state index contributed by atoms with van der Waals surface area (Å²) in [6.07, 6.45) is 2.08. The highest BCUT2D eigenvalue weighted by Crippen LogP contribution is 2.41. The Labute approximate surface area is 163 Å². The first kappa shape index (κ1) is 19.6. The van der Waals surface area contributed by atoms with Gasteiger partial charge in [0.05, 0.1) is 18.0 Å². The number of carbonyl (C=O) groups is 2. The van der Waals surface area contributed by atoms with Crippen LogP contribution in [0.25, 0.3) is 0 Å². The molecule has 3 rings (SSSR count). The topological polar surface area (TPSA) is 133 Å². The van der Waals surface area contributed by atoms with Crippen LogP contribution in [0, 0.1) is 0 Å². The number of amides is 2. The van der Waals surface area contributed by atoms with Gasteiger partial charge in [0.1, 0.15) is 0 Å². The minimum absolute atomic E-state index is 0.0413. The quantitative estimate of drug-likeness (QED) is 0.642. The number of aryl methyl sites for hydroxylation is 1. The number of hydrogen-bond acceptors (Lipinski definition) is 6. The Morgan fingerprint density at radius 2 is 2.04 bits per heavy atom. The average molecular weight is 383 g/mol. The Morgan fingerprint density at radius 3 is 2.64 bits per heavy atom. The summed E-state index contributed by atoms with van der Waals surface area (Å²) in [5.41, 5.74) is 14.2. The second kappa shape index (κ2) is 8.24. The van der Waals surface area contributed by atoms with Gasteiger partial charge >= 0.3 is 6.09 Å². The lowest BCUT2D eigenvalue weighted by Crippen LogP contribution is -2.19. The Balaban J connectivity index is 1.88. The largest absolute Gasteiger partial charge is 0.449 e. The molecule has 1 aromatic carbocycles. The summed E-state index contributed by atoms with van der Waals surface area (Å²) in [4.78, 5) is 31.9. The standard InChI is InChI=1S/C20H25N5O3/c1-3-15-16(12-7-8-12)25-19(17(24-15)18(21)26)23-14-6-4-5-13(9-14)11(2)10-28-20(22)27/h4-6,9,11-12H,3,7-8,10H2,1-2H3,(H2,21,26)(H2,22,27)(H,23,25)/t11-/m0/s1. The molecule has 2 aromatic rings. The molecule has 8 heteroatoms. The number of hydrogen-bond donors (Lipinski definition) is 3. The van der Waals surface area contributed by atoms with Crippen molar-refractivity contribution >= 4 is 23.5 Å². The molecule has 5 N–H and O–H groups in total. The fraction of sp³-hybridized carbons (Fsp3) is 0.400. The molecule has 1 atom stereocenters. The van der Waals surface area contributed by atoms with Crippen molar-refractivity contribution in [1.29, 1.82) is 0 Å². The molecular formula is C20H25N5O3. The molecule has 0 unspecified atom stereocenters. The van der Waals surface area contributed by atoms with Gasteiger partial charge in [-0.15, -0.1) is 0 Å². The fourth-order valence-corrected chi connectivity index (χ4v) is 3.05. The third kappa shape index (κ3) is 4.57. The second-order valence-corrected chi connectivity index (χ2v) is 7.03. The van der Waals surface area contributed by atoms with Crippen molar-refractivity contribution in [1.82, 2.24) is 9.97 Å². The monoisotopic (exact) mass is 383 g/mol. The summed E-state index contributed by atoms with van der Waals surface area (Å²) in [5, 5.41) is 3.18. The molecule has 1 fully saturated rings. The van der Waals surface area contributed by atoms with Crippen LogP contribution in [0.2, 0.25) is 0 Å². The molecule has 28 heavy (non-hydrogen) atoms. The van der Waals surface area contributed by atoms with E-state index in [1.807, 2.05) is 38.1 Å². The first-order valence-electron chi connectivity index (χ1n) is 9.38. The van der Waals surface area contributed by atoms with Gasteiger partial charge in [0.25, 0.3) is 5.91 Å². The summed E-state index contributed by atoms with van der Waals surface area (Å²) < 4.78 is 4.88. The first-order valence-corrected chi connectivity index (χ1v) is 9.38. The van der Waals surface area contributed by atoms with Gasteiger partial charge in [-0.05, 0) is 37.0 Å². The number of nitrogens with two attached hydrogens (primary N) is 2. The molecule has 0 aliphatic heterocycles. The summed E-state index contributed by atoms with van der Waals surface area (Å²) in [5.74, 6) is 0.110. The summed E-state index contributed by atoms with van der Waals surface area (Å²) in [7, 11) is 0. The normalized spacial score (nSPS) is 14.4. The number of primary amides is 2. The molecule has 8 nitrogen and oxygen atoms in total. The maximum Gasteiger partial charge on any atom is 0.404 e. The number of aromatic nitrogens is 2. The van der Waals surface area contributed by atoms with E-state index in [0.29, 0.717) is 18.2 Å². The highest BCUT2D eigenvalue weighted by Gasteiger charge is 2.30. The molecule has 1 aliphatic rings. The van der Waals surface area contributed by atoms with Gasteiger partial charge in [-0.1, -0.05) is 26.0 Å². The minimum atomic E-state index is -0.800. The fourth-order valence-electron chi connectivity index (χ4n) is 3.05. The van der Waals surface area contributed by atoms with Gasteiger partial charge in [0, 0.05) is 17.5 Å². The number of rotatable bonds is 8. The lowest BCUT2D eigenvalue weighted by atomic mass is 10.0. The van der Waals surface area contributed by atoms with Crippen LogP contribution >= 0.6 is 0 Å². The Morgan fingerprint density at radius 1 is 1.29 bits per heavy atom. The van der Waals surface area contributed by atoms with Gasteiger partial charge in [-0.25, -0.2) is 14.8 Å². The lowest BCUT2D eigenvalue weighted by Gasteiger charge is -2.16. The highest BCUT2D eigenvalue weighted by atomic mass is 16.5. The van der Waals surface area contributed by atoms with Gasteiger partial charge < -0.3 is 21.5 Å². The number of nitrogens with zero attached hydrogens (tertiary/aromatic N) is 2. The summed E-state index contributed by atoms with van der Waals surface area (Å²) in [6, 6.07) is 7.57. The molecule has 0 radical (unpaired) electrons. The van der Waals surface area contributed by atoms with Crippen LogP contribution in [-0.4, -0.2) is 28.6 Å². The van der Waals surface area contributed by atoms with Crippen LogP contribution in [-0.2, 0) is 11.2 Å². The van der Waals surface area contributed by atoms with E-state index in [2.05, 4.69) is 10.3 Å². The maximum absolute atomic E-state index is 11.9. The molecule has 1 saturated carbocycles. The Kier molecular flexibility index (Phi) is 5.77. The van der Waals surface area contributed by atoms with E-state index in [-0.39, 0.29) is 18.2 Å². The molecule has 0 bridgehead atoms. The van der Waals surface area contributed by atoms with Crippen LogP contribution in [0.4, 0.5) is 16.3 Å². The SMILES string of the molecule is CCc1nc(C(N)=O)c(Nc2cccc([C@@H](C)COC(N)=O)c2)nc1C1CC1. The average Bonchev–Trinajstić information content (AvgIpc) is 3.51. The molecular weight excluding hydrogens is 358 g/mol. The van der Waals surface area contributed by atoms with E-state index in [1.165, 1.54) is 0 Å². The number of carbonyl (C=O) groups excluding carboxylic acids is 2. The molecule has 1 aliphatic carbocycles. The maximum atomic E-state index is 11.9. The number of benzene rings is 1. The van der Waals surface area contributed by atoms with Gasteiger partial charge in [-0.3, -0.25) is 4.79 Å². The lowest BCUT2D eigenvalue weighted by molar-refractivity contribution is 0.0995. The Hall–Kier alpha value is -3.16. The van der Waals surface area contributed by atoms with Crippen LogP contribution in [0.3, 0.4) is 0 Å². The number of nitrogens with one attached hydrogen (secondary N) is 1. The third-order valence-corrected chi connectivity index (χ3v) is 4.73. The smallest absolute Gasteiger partial charge is 0.404 e. The zero-order valence-corrected chi connectivity index (χ0v) is 16.1. The van der Waals surface area contributed by atoms with E-state index in [9.17, 15) is 9.59 Å². The van der Waals surface area contributed by atoms with E-state index in [4.69, 9.17) is 21.2 Å².